The summed E-state index contributed by atoms with van der Waals surface area (Å²) < 4.78 is 8.99. The Hall–Kier alpha value is -5.24. The molecule has 0 amide bonds. The van der Waals surface area contributed by atoms with Crippen molar-refractivity contribution in [2.75, 3.05) is 7.11 Å². The minimum absolute atomic E-state index is 0.0619. The number of aromatic nitrogens is 4. The zero-order valence-electron chi connectivity index (χ0n) is 26.7. The number of hydrogen-bond donors (Lipinski definition) is 1. The number of halogens is 2. The first kappa shape index (κ1) is 32.3. The van der Waals surface area contributed by atoms with E-state index in [0.717, 1.165) is 71.4 Å². The van der Waals surface area contributed by atoms with Gasteiger partial charge < -0.3 is 9.84 Å². The molecule has 0 aliphatic rings. The number of aliphatic hydroxyl groups excluding tert-OH is 1. The van der Waals surface area contributed by atoms with E-state index >= 15 is 0 Å². The molecule has 4 aromatic carbocycles. The predicted molar refractivity (Wildman–Crippen MR) is 199 cm³/mol. The summed E-state index contributed by atoms with van der Waals surface area (Å²) >= 11 is 11.9. The summed E-state index contributed by atoms with van der Waals surface area (Å²) in [6, 6.07) is 44.3. The lowest BCUT2D eigenvalue weighted by molar-refractivity contribution is 0.185. The molecule has 0 bridgehead atoms. The summed E-state index contributed by atoms with van der Waals surface area (Å²) in [5.41, 5.74) is 12.7. The largest absolute Gasteiger partial charge is 0.392 e. The fraction of sp³-hybridized carbons (Fsp3) is 0.0732. The number of hydrogen-bond acceptors (Lipinski definition) is 4. The molecule has 8 rings (SSSR count). The fourth-order valence-corrected chi connectivity index (χ4v) is 5.93. The fourth-order valence-electron chi connectivity index (χ4n) is 5.68. The van der Waals surface area contributed by atoms with Crippen molar-refractivity contribution in [2.24, 2.45) is 0 Å². The van der Waals surface area contributed by atoms with Crippen LogP contribution >= 0.6 is 23.2 Å². The predicted octanol–water partition coefficient (Wildman–Crippen LogP) is 10.3. The number of rotatable bonds is 7. The van der Waals surface area contributed by atoms with E-state index in [4.69, 9.17) is 33.0 Å². The van der Waals surface area contributed by atoms with Gasteiger partial charge in [0, 0.05) is 40.7 Å². The molecule has 6 nitrogen and oxygen atoms in total. The molecule has 0 saturated heterocycles. The molecule has 4 heterocycles. The van der Waals surface area contributed by atoms with Gasteiger partial charge in [-0.15, -0.1) is 0 Å². The Bertz CT molecular complexity index is 2350. The van der Waals surface area contributed by atoms with Crippen molar-refractivity contribution in [1.82, 2.24) is 19.2 Å². The van der Waals surface area contributed by atoms with E-state index in [0.29, 0.717) is 6.61 Å². The Morgan fingerprint density at radius 1 is 0.531 bits per heavy atom. The van der Waals surface area contributed by atoms with E-state index in [9.17, 15) is 0 Å². The molecule has 0 atom stereocenters. The molecular weight excluding hydrogens is 651 g/mol. The molecule has 0 radical (unpaired) electrons. The zero-order valence-corrected chi connectivity index (χ0v) is 28.2. The Morgan fingerprint density at radius 2 is 1.02 bits per heavy atom. The second kappa shape index (κ2) is 14.5. The van der Waals surface area contributed by atoms with Crippen LogP contribution in [0, 0.1) is 0 Å². The average molecular weight is 684 g/mol. The standard InChI is InChI=1S/C21H17ClN2O.C20H15ClN2O/c1-25-14-15-3-2-4-17(11-15)18-9-10-24-20(12-18)13-21(23-24)16-5-7-19(22)8-6-16;21-18-7-5-16(6-8-18)20-12-19-11-17(9-10-23(19)22-20)15-3-1-14(13-24)2-4-15/h2-13H,14H2,1H3;1-12,24H,13H2. The van der Waals surface area contributed by atoms with Gasteiger partial charge in [-0.25, -0.2) is 9.03 Å². The van der Waals surface area contributed by atoms with Crippen LogP contribution in [0.5, 0.6) is 0 Å². The molecular formula is C41H32Cl2N4O2. The van der Waals surface area contributed by atoms with Crippen LogP contribution in [0.3, 0.4) is 0 Å². The lowest BCUT2D eigenvalue weighted by Gasteiger charge is -2.05. The van der Waals surface area contributed by atoms with Crippen LogP contribution in [-0.4, -0.2) is 31.4 Å². The highest BCUT2D eigenvalue weighted by atomic mass is 35.5. The van der Waals surface area contributed by atoms with Crippen molar-refractivity contribution < 1.29 is 9.84 Å². The Kier molecular flexibility index (Phi) is 9.55. The van der Waals surface area contributed by atoms with Gasteiger partial charge in [0.05, 0.1) is 35.6 Å². The zero-order chi connectivity index (χ0) is 33.7. The van der Waals surface area contributed by atoms with Crippen molar-refractivity contribution in [3.05, 3.63) is 167 Å². The molecule has 0 fully saturated rings. The summed E-state index contributed by atoms with van der Waals surface area (Å²) in [6.45, 7) is 0.676. The number of fused-ring (bicyclic) bond motifs is 2. The van der Waals surface area contributed by atoms with E-state index in [-0.39, 0.29) is 6.61 Å². The first-order valence-corrected chi connectivity index (χ1v) is 16.5. The maximum atomic E-state index is 9.15. The highest BCUT2D eigenvalue weighted by molar-refractivity contribution is 6.30. The van der Waals surface area contributed by atoms with E-state index in [2.05, 4.69) is 64.8 Å². The second-order valence-corrected chi connectivity index (χ2v) is 12.5. The van der Waals surface area contributed by atoms with E-state index in [1.165, 1.54) is 5.56 Å². The number of nitrogens with zero attached hydrogens (tertiary/aromatic N) is 4. The summed E-state index contributed by atoms with van der Waals surface area (Å²) in [5, 5.41) is 19.9. The van der Waals surface area contributed by atoms with Crippen LogP contribution in [0.1, 0.15) is 11.1 Å². The summed E-state index contributed by atoms with van der Waals surface area (Å²) in [6.07, 6.45) is 3.96. The van der Waals surface area contributed by atoms with Crippen molar-refractivity contribution in [2.45, 2.75) is 13.2 Å². The lowest BCUT2D eigenvalue weighted by atomic mass is 10.0. The quantitative estimate of drug-likeness (QED) is 0.182. The molecule has 8 aromatic rings. The molecule has 8 heteroatoms. The molecule has 0 aliphatic heterocycles. The van der Waals surface area contributed by atoms with Crippen LogP contribution in [-0.2, 0) is 18.0 Å². The normalized spacial score (nSPS) is 11.1. The van der Waals surface area contributed by atoms with Gasteiger partial charge in [0.15, 0.2) is 0 Å². The summed E-state index contributed by atoms with van der Waals surface area (Å²) in [4.78, 5) is 0. The first-order chi connectivity index (χ1) is 23.9. The van der Waals surface area contributed by atoms with Crippen molar-refractivity contribution in [1.29, 1.82) is 0 Å². The van der Waals surface area contributed by atoms with Gasteiger partial charge in [0.2, 0.25) is 0 Å². The van der Waals surface area contributed by atoms with Gasteiger partial charge in [0.25, 0.3) is 0 Å². The molecule has 0 saturated carbocycles. The first-order valence-electron chi connectivity index (χ1n) is 15.7. The Labute approximate surface area is 294 Å². The minimum atomic E-state index is 0.0619. The van der Waals surface area contributed by atoms with Gasteiger partial charge in [-0.3, -0.25) is 0 Å². The van der Waals surface area contributed by atoms with Gasteiger partial charge in [-0.1, -0.05) is 89.9 Å². The van der Waals surface area contributed by atoms with Gasteiger partial charge >= 0.3 is 0 Å². The minimum Gasteiger partial charge on any atom is -0.392 e. The highest BCUT2D eigenvalue weighted by Crippen LogP contribution is 2.28. The van der Waals surface area contributed by atoms with Gasteiger partial charge in [-0.2, -0.15) is 10.2 Å². The van der Waals surface area contributed by atoms with Crippen LogP contribution in [0.2, 0.25) is 10.0 Å². The lowest BCUT2D eigenvalue weighted by Crippen LogP contribution is -1.90. The van der Waals surface area contributed by atoms with Gasteiger partial charge in [-0.05, 0) is 100 Å². The maximum absolute atomic E-state index is 9.15. The Balaban J connectivity index is 0.000000154. The SMILES string of the molecule is COCc1cccc(-c2ccn3nc(-c4ccc(Cl)cc4)cc3c2)c1.OCc1ccc(-c2ccn3nc(-c4ccc(Cl)cc4)cc3c2)cc1. The number of methoxy groups -OCH3 is 1. The van der Waals surface area contributed by atoms with E-state index in [1.807, 2.05) is 100 Å². The third kappa shape index (κ3) is 7.43. The second-order valence-electron chi connectivity index (χ2n) is 11.6. The molecule has 242 valence electrons. The number of pyridine rings is 2. The smallest absolute Gasteiger partial charge is 0.0933 e. The summed E-state index contributed by atoms with van der Waals surface area (Å²) in [5.74, 6) is 0. The molecule has 0 spiro atoms. The topological polar surface area (TPSA) is 64.1 Å². The Morgan fingerprint density at radius 3 is 1.53 bits per heavy atom. The maximum Gasteiger partial charge on any atom is 0.0933 e. The number of benzene rings is 4. The van der Waals surface area contributed by atoms with E-state index < -0.39 is 0 Å². The monoisotopic (exact) mass is 682 g/mol. The van der Waals surface area contributed by atoms with Crippen molar-refractivity contribution in [3.63, 3.8) is 0 Å². The van der Waals surface area contributed by atoms with Crippen molar-refractivity contribution in [3.8, 4) is 44.8 Å². The molecule has 49 heavy (non-hydrogen) atoms. The molecule has 0 aliphatic carbocycles. The molecule has 4 aromatic heterocycles. The molecule has 1 N–H and O–H groups in total. The molecule has 0 unspecified atom stereocenters. The van der Waals surface area contributed by atoms with Gasteiger partial charge in [0.1, 0.15) is 0 Å². The van der Waals surface area contributed by atoms with Crippen LogP contribution in [0.4, 0.5) is 0 Å². The third-order valence-corrected chi connectivity index (χ3v) is 8.75. The van der Waals surface area contributed by atoms with E-state index in [1.54, 1.807) is 7.11 Å². The van der Waals surface area contributed by atoms with Crippen LogP contribution in [0.25, 0.3) is 55.8 Å². The number of aliphatic hydroxyl groups is 1. The van der Waals surface area contributed by atoms with Crippen molar-refractivity contribution >= 4 is 34.2 Å². The summed E-state index contributed by atoms with van der Waals surface area (Å²) in [7, 11) is 1.71. The van der Waals surface area contributed by atoms with Crippen LogP contribution < -0.4 is 0 Å². The van der Waals surface area contributed by atoms with Crippen LogP contribution in [0.15, 0.2) is 146 Å². The number of ether oxygens (including phenoxy) is 1. The average Bonchev–Trinajstić information content (AvgIpc) is 3.77. The third-order valence-electron chi connectivity index (χ3n) is 8.25. The highest BCUT2D eigenvalue weighted by Gasteiger charge is 2.08.